The summed E-state index contributed by atoms with van der Waals surface area (Å²) in [6.07, 6.45) is 2.20. The second-order valence-electron chi connectivity index (χ2n) is 13.3. The quantitative estimate of drug-likeness (QED) is 0.564. The van der Waals surface area contributed by atoms with Crippen LogP contribution in [0.5, 0.6) is 0 Å². The average molecular weight is 526 g/mol. The molecule has 2 bridgehead atoms. The number of benzene rings is 1. The van der Waals surface area contributed by atoms with Crippen molar-refractivity contribution >= 4 is 19.1 Å². The Kier molecular flexibility index (Phi) is 7.33. The van der Waals surface area contributed by atoms with Gasteiger partial charge in [0.15, 0.2) is 0 Å². The number of ether oxygens (including phenoxy) is 2. The van der Waals surface area contributed by atoms with Crippen molar-refractivity contribution in [2.75, 3.05) is 19.7 Å². The first-order valence-corrected chi connectivity index (χ1v) is 14.1. The van der Waals surface area contributed by atoms with E-state index in [0.717, 1.165) is 12.0 Å². The number of hydrogen-bond acceptors (Lipinski definition) is 6. The van der Waals surface area contributed by atoms with Crippen LogP contribution in [0.3, 0.4) is 0 Å². The highest BCUT2D eigenvalue weighted by Crippen LogP contribution is 2.65. The molecule has 8 nitrogen and oxygen atoms in total. The summed E-state index contributed by atoms with van der Waals surface area (Å²) in [5.74, 6) is 0.634. The third-order valence-corrected chi connectivity index (χ3v) is 9.15. The summed E-state index contributed by atoms with van der Waals surface area (Å²) < 4.78 is 24.6. The van der Waals surface area contributed by atoms with Crippen molar-refractivity contribution in [1.29, 1.82) is 0 Å². The van der Waals surface area contributed by atoms with Gasteiger partial charge in [0.05, 0.1) is 43.3 Å². The number of amides is 2. The van der Waals surface area contributed by atoms with E-state index < -0.39 is 18.8 Å². The van der Waals surface area contributed by atoms with E-state index in [1.165, 1.54) is 6.42 Å². The smallest absolute Gasteiger partial charge is 0.444 e. The van der Waals surface area contributed by atoms with Crippen LogP contribution in [0.15, 0.2) is 30.3 Å². The lowest BCUT2D eigenvalue weighted by Gasteiger charge is -2.64. The second kappa shape index (κ2) is 10.1. The van der Waals surface area contributed by atoms with E-state index in [9.17, 15) is 9.59 Å². The van der Waals surface area contributed by atoms with Gasteiger partial charge < -0.3 is 29.0 Å². The van der Waals surface area contributed by atoms with Crippen LogP contribution >= 0.6 is 0 Å². The van der Waals surface area contributed by atoms with Crippen LogP contribution in [-0.4, -0.2) is 73.1 Å². The maximum absolute atomic E-state index is 13.3. The van der Waals surface area contributed by atoms with E-state index in [1.807, 2.05) is 39.0 Å². The summed E-state index contributed by atoms with van der Waals surface area (Å²) in [6, 6.07) is 10.1. The number of nitrogens with one attached hydrogen (secondary N) is 1. The fraction of sp³-hybridized carbons (Fsp3) is 0.724. The predicted octanol–water partition coefficient (Wildman–Crippen LogP) is 4.01. The Labute approximate surface area is 227 Å². The van der Waals surface area contributed by atoms with Gasteiger partial charge in [-0.1, -0.05) is 44.2 Å². The predicted molar refractivity (Wildman–Crippen MR) is 144 cm³/mol. The first-order chi connectivity index (χ1) is 17.8. The van der Waals surface area contributed by atoms with E-state index in [1.54, 1.807) is 4.90 Å². The summed E-state index contributed by atoms with van der Waals surface area (Å²) in [7, 11) is -0.519. The van der Waals surface area contributed by atoms with Crippen molar-refractivity contribution in [2.24, 2.45) is 17.3 Å². The Balaban J connectivity index is 1.24. The van der Waals surface area contributed by atoms with E-state index in [-0.39, 0.29) is 41.5 Å². The Hall–Kier alpha value is -2.10. The zero-order valence-electron chi connectivity index (χ0n) is 23.7. The maximum atomic E-state index is 13.3. The standard InChI is InChI=1S/C29H43BN2O6/c1-27(2,3)36-26(34)32-12-13-35-21(18-32)17-25(33)31-24(14-19-10-8-7-9-11-19)30-37-23-16-20-15-22(28(20,4)5)29(23,6)38-30/h7-11,20-24H,12-18H2,1-6H3,(H,31,33)/t20-,21-,22-,23+,24-,29-/m0/s1. The van der Waals surface area contributed by atoms with E-state index in [0.29, 0.717) is 38.0 Å². The summed E-state index contributed by atoms with van der Waals surface area (Å²) in [6.45, 7) is 13.6. The largest absolute Gasteiger partial charge is 0.482 e. The molecule has 38 heavy (non-hydrogen) atoms. The van der Waals surface area contributed by atoms with Gasteiger partial charge in [-0.15, -0.1) is 0 Å². The molecule has 0 spiro atoms. The molecule has 3 saturated carbocycles. The highest BCUT2D eigenvalue weighted by atomic mass is 16.7. The molecule has 2 aliphatic heterocycles. The molecule has 2 amide bonds. The molecule has 2 heterocycles. The summed E-state index contributed by atoms with van der Waals surface area (Å²) in [5, 5.41) is 3.21. The van der Waals surface area contributed by atoms with Crippen molar-refractivity contribution in [3.8, 4) is 0 Å². The van der Waals surface area contributed by atoms with Gasteiger partial charge in [0.25, 0.3) is 0 Å². The SMILES string of the molecule is CC(C)(C)OC(=O)N1CCO[C@@H](CC(=O)N[C@@H](Cc2ccccc2)B2O[C@@H]3C[C@@H]4C[C@@H](C4(C)C)[C@]3(C)O2)C1. The van der Waals surface area contributed by atoms with Crippen LogP contribution in [0.1, 0.15) is 66.4 Å². The third-order valence-electron chi connectivity index (χ3n) is 9.15. The molecule has 0 unspecified atom stereocenters. The first kappa shape index (κ1) is 27.5. The Morgan fingerprint density at radius 3 is 2.61 bits per heavy atom. The minimum atomic E-state index is -0.572. The third kappa shape index (κ3) is 5.47. The van der Waals surface area contributed by atoms with Crippen molar-refractivity contribution in [3.63, 3.8) is 0 Å². The molecule has 6 atom stereocenters. The van der Waals surface area contributed by atoms with Crippen LogP contribution in [-0.2, 0) is 30.0 Å². The van der Waals surface area contributed by atoms with Crippen molar-refractivity contribution in [1.82, 2.24) is 10.2 Å². The molecule has 0 radical (unpaired) electrons. The molecule has 5 aliphatic rings. The lowest BCUT2D eigenvalue weighted by molar-refractivity contribution is -0.199. The Morgan fingerprint density at radius 1 is 1.18 bits per heavy atom. The lowest BCUT2D eigenvalue weighted by Crippen LogP contribution is -2.65. The number of carbonyl (C=O) groups excluding carboxylic acids is 2. The lowest BCUT2D eigenvalue weighted by atomic mass is 9.43. The zero-order chi connectivity index (χ0) is 27.3. The van der Waals surface area contributed by atoms with Gasteiger partial charge in [0.1, 0.15) is 5.60 Å². The molecule has 2 saturated heterocycles. The number of nitrogens with zero attached hydrogens (tertiary/aromatic N) is 1. The Morgan fingerprint density at radius 2 is 1.92 bits per heavy atom. The minimum absolute atomic E-state index is 0.0449. The van der Waals surface area contributed by atoms with Crippen LogP contribution < -0.4 is 5.32 Å². The molecule has 9 heteroatoms. The number of morpholine rings is 1. The molecular formula is C29H43BN2O6. The normalized spacial score (nSPS) is 32.7. The summed E-state index contributed by atoms with van der Waals surface area (Å²) in [4.78, 5) is 27.5. The van der Waals surface area contributed by atoms with Crippen LogP contribution in [0, 0.1) is 17.3 Å². The van der Waals surface area contributed by atoms with Crippen LogP contribution in [0.25, 0.3) is 0 Å². The second-order valence-corrected chi connectivity index (χ2v) is 13.3. The molecule has 1 N–H and O–H groups in total. The van der Waals surface area contributed by atoms with E-state index in [4.69, 9.17) is 18.8 Å². The molecule has 6 rings (SSSR count). The fourth-order valence-electron chi connectivity index (χ4n) is 6.96. The maximum Gasteiger partial charge on any atom is 0.482 e. The molecule has 3 aliphatic carbocycles. The van der Waals surface area contributed by atoms with E-state index >= 15 is 0 Å². The minimum Gasteiger partial charge on any atom is -0.444 e. The average Bonchev–Trinajstić information content (AvgIpc) is 3.20. The van der Waals surface area contributed by atoms with Crippen LogP contribution in [0.2, 0.25) is 0 Å². The number of carbonyl (C=O) groups is 2. The molecule has 208 valence electrons. The number of rotatable bonds is 6. The molecule has 1 aromatic carbocycles. The summed E-state index contributed by atoms with van der Waals surface area (Å²) in [5.41, 5.74) is 0.445. The van der Waals surface area contributed by atoms with Gasteiger partial charge in [-0.05, 0) is 69.8 Å². The van der Waals surface area contributed by atoms with Gasteiger partial charge in [0.2, 0.25) is 5.91 Å². The summed E-state index contributed by atoms with van der Waals surface area (Å²) >= 11 is 0. The molecule has 5 fully saturated rings. The molecule has 1 aromatic rings. The van der Waals surface area contributed by atoms with Gasteiger partial charge in [-0.2, -0.15) is 0 Å². The molecule has 0 aromatic heterocycles. The van der Waals surface area contributed by atoms with E-state index in [2.05, 4.69) is 38.2 Å². The molecular weight excluding hydrogens is 483 g/mol. The van der Waals surface area contributed by atoms with Gasteiger partial charge in [-0.3, -0.25) is 4.79 Å². The van der Waals surface area contributed by atoms with Crippen molar-refractivity contribution in [2.45, 2.75) is 96.6 Å². The van der Waals surface area contributed by atoms with Crippen molar-refractivity contribution < 1.29 is 28.4 Å². The number of hydrogen-bond donors (Lipinski definition) is 1. The first-order valence-electron chi connectivity index (χ1n) is 14.1. The zero-order valence-corrected chi connectivity index (χ0v) is 23.7. The highest BCUT2D eigenvalue weighted by molar-refractivity contribution is 6.48. The monoisotopic (exact) mass is 526 g/mol. The highest BCUT2D eigenvalue weighted by Gasteiger charge is 2.68. The topological polar surface area (TPSA) is 86.3 Å². The van der Waals surface area contributed by atoms with Gasteiger partial charge in [0, 0.05) is 6.54 Å². The van der Waals surface area contributed by atoms with Gasteiger partial charge >= 0.3 is 13.2 Å². The van der Waals surface area contributed by atoms with Crippen molar-refractivity contribution in [3.05, 3.63) is 35.9 Å². The Bertz CT molecular complexity index is 1030. The van der Waals surface area contributed by atoms with Crippen LogP contribution in [0.4, 0.5) is 4.79 Å². The van der Waals surface area contributed by atoms with Gasteiger partial charge in [-0.25, -0.2) is 4.79 Å². The fourth-order valence-corrected chi connectivity index (χ4v) is 6.96.